The second kappa shape index (κ2) is 6.48. The molecule has 1 aromatic carbocycles. The van der Waals surface area contributed by atoms with Crippen LogP contribution in [0, 0.1) is 10.1 Å². The van der Waals surface area contributed by atoms with E-state index in [0.717, 1.165) is 17.8 Å². The number of nitro groups is 1. The SMILES string of the molecule is CNS(=O)(=O)c1ccc(SC(=S)N(C)C)c([N+](=O)[O-])c1. The maximum Gasteiger partial charge on any atom is 0.284 e. The third-order valence-electron chi connectivity index (χ3n) is 2.27. The largest absolute Gasteiger partial charge is 0.363 e. The summed E-state index contributed by atoms with van der Waals surface area (Å²) in [5.41, 5.74) is -0.296. The number of hydrogen-bond donors (Lipinski definition) is 1. The third kappa shape index (κ3) is 3.88. The first-order chi connectivity index (χ1) is 9.19. The highest BCUT2D eigenvalue weighted by Crippen LogP contribution is 2.32. The van der Waals surface area contributed by atoms with Crippen molar-refractivity contribution in [2.24, 2.45) is 0 Å². The molecule has 0 unspecified atom stereocenters. The zero-order chi connectivity index (χ0) is 15.5. The number of nitrogens with zero attached hydrogens (tertiary/aromatic N) is 2. The molecular weight excluding hydrogens is 322 g/mol. The van der Waals surface area contributed by atoms with Crippen molar-refractivity contribution in [2.45, 2.75) is 9.79 Å². The average molecular weight is 335 g/mol. The quantitative estimate of drug-likeness (QED) is 0.385. The smallest absolute Gasteiger partial charge is 0.284 e. The van der Waals surface area contributed by atoms with Crippen molar-refractivity contribution >= 4 is 44.0 Å². The van der Waals surface area contributed by atoms with Gasteiger partial charge in [-0.2, -0.15) is 0 Å². The van der Waals surface area contributed by atoms with E-state index in [1.54, 1.807) is 19.0 Å². The Bertz CT molecular complexity index is 643. The van der Waals surface area contributed by atoms with Crippen LogP contribution < -0.4 is 4.72 Å². The first-order valence-electron chi connectivity index (χ1n) is 5.30. The number of nitrogens with one attached hydrogen (secondary N) is 1. The molecule has 110 valence electrons. The van der Waals surface area contributed by atoms with E-state index in [1.165, 1.54) is 19.2 Å². The highest BCUT2D eigenvalue weighted by Gasteiger charge is 2.21. The summed E-state index contributed by atoms with van der Waals surface area (Å²) >= 11 is 6.11. The minimum atomic E-state index is -3.72. The fourth-order valence-electron chi connectivity index (χ4n) is 1.20. The Morgan fingerprint density at radius 2 is 2.05 bits per heavy atom. The van der Waals surface area contributed by atoms with Gasteiger partial charge in [0.05, 0.1) is 14.7 Å². The molecule has 0 saturated heterocycles. The summed E-state index contributed by atoms with van der Waals surface area (Å²) in [7, 11) is 0.965. The van der Waals surface area contributed by atoms with Gasteiger partial charge < -0.3 is 4.90 Å². The molecule has 0 aliphatic carbocycles. The summed E-state index contributed by atoms with van der Waals surface area (Å²) < 4.78 is 25.8. The number of sulfonamides is 1. The summed E-state index contributed by atoms with van der Waals surface area (Å²) in [6.45, 7) is 0. The summed E-state index contributed by atoms with van der Waals surface area (Å²) in [5.74, 6) is 0. The number of hydrogen-bond acceptors (Lipinski definition) is 6. The minimum absolute atomic E-state index is 0.160. The number of nitro benzene ring substituents is 1. The van der Waals surface area contributed by atoms with Crippen molar-refractivity contribution in [2.75, 3.05) is 21.1 Å². The molecule has 0 aliphatic rings. The summed E-state index contributed by atoms with van der Waals surface area (Å²) in [5, 5.41) is 11.1. The average Bonchev–Trinajstić information content (AvgIpc) is 2.38. The van der Waals surface area contributed by atoms with Crippen LogP contribution in [0.25, 0.3) is 0 Å². The Hall–Kier alpha value is -1.23. The molecule has 10 heteroatoms. The Morgan fingerprint density at radius 1 is 1.45 bits per heavy atom. The van der Waals surface area contributed by atoms with Gasteiger partial charge in [0, 0.05) is 20.2 Å². The number of rotatable bonds is 4. The van der Waals surface area contributed by atoms with Gasteiger partial charge in [-0.1, -0.05) is 24.0 Å². The van der Waals surface area contributed by atoms with Crippen molar-refractivity contribution < 1.29 is 13.3 Å². The molecule has 1 N–H and O–H groups in total. The van der Waals surface area contributed by atoms with E-state index < -0.39 is 14.9 Å². The van der Waals surface area contributed by atoms with E-state index in [1.807, 2.05) is 0 Å². The van der Waals surface area contributed by atoms with Gasteiger partial charge in [-0.05, 0) is 19.2 Å². The van der Waals surface area contributed by atoms with Crippen LogP contribution >= 0.6 is 24.0 Å². The van der Waals surface area contributed by atoms with Crippen LogP contribution in [0.1, 0.15) is 0 Å². The topological polar surface area (TPSA) is 92.6 Å². The molecule has 7 nitrogen and oxygen atoms in total. The third-order valence-corrected chi connectivity index (χ3v) is 5.40. The van der Waals surface area contributed by atoms with Gasteiger partial charge in [-0.25, -0.2) is 13.1 Å². The fourth-order valence-corrected chi connectivity index (χ4v) is 2.96. The molecule has 0 aromatic heterocycles. The zero-order valence-corrected chi connectivity index (χ0v) is 13.4. The molecule has 0 bridgehead atoms. The van der Waals surface area contributed by atoms with Gasteiger partial charge >= 0.3 is 0 Å². The van der Waals surface area contributed by atoms with Crippen molar-refractivity contribution in [1.82, 2.24) is 9.62 Å². The lowest BCUT2D eigenvalue weighted by Crippen LogP contribution is -2.19. The number of thioether (sulfide) groups is 1. The normalized spacial score (nSPS) is 11.2. The van der Waals surface area contributed by atoms with E-state index in [0.29, 0.717) is 9.22 Å². The lowest BCUT2D eigenvalue weighted by Gasteiger charge is -2.13. The van der Waals surface area contributed by atoms with Gasteiger partial charge in [0.15, 0.2) is 0 Å². The number of thiocarbonyl (C=S) groups is 1. The Labute approximate surface area is 126 Å². The van der Waals surface area contributed by atoms with Crippen LogP contribution in [0.5, 0.6) is 0 Å². The maximum absolute atomic E-state index is 11.6. The molecule has 1 rings (SSSR count). The second-order valence-corrected chi connectivity index (χ2v) is 7.42. The fraction of sp³-hybridized carbons (Fsp3) is 0.300. The van der Waals surface area contributed by atoms with Crippen LogP contribution in [0.15, 0.2) is 28.0 Å². The van der Waals surface area contributed by atoms with Crippen molar-refractivity contribution in [3.05, 3.63) is 28.3 Å². The Kier molecular flexibility index (Phi) is 5.45. The number of benzene rings is 1. The predicted molar refractivity (Wildman–Crippen MR) is 81.5 cm³/mol. The Morgan fingerprint density at radius 3 is 2.50 bits per heavy atom. The van der Waals surface area contributed by atoms with Gasteiger partial charge in [0.1, 0.15) is 4.32 Å². The zero-order valence-electron chi connectivity index (χ0n) is 11.0. The highest BCUT2D eigenvalue weighted by atomic mass is 32.2. The van der Waals surface area contributed by atoms with E-state index in [9.17, 15) is 18.5 Å². The molecule has 1 aromatic rings. The van der Waals surface area contributed by atoms with Crippen LogP contribution in [0.2, 0.25) is 0 Å². The first-order valence-corrected chi connectivity index (χ1v) is 8.01. The molecule has 20 heavy (non-hydrogen) atoms. The lowest BCUT2D eigenvalue weighted by atomic mass is 10.3. The van der Waals surface area contributed by atoms with Gasteiger partial charge in [-0.3, -0.25) is 10.1 Å². The Balaban J connectivity index is 3.29. The standard InChI is InChI=1S/C10H13N3O4S3/c1-11-20(16,17)7-4-5-9(8(6-7)13(14)15)19-10(18)12(2)3/h4-6,11H,1-3H3. The van der Waals surface area contributed by atoms with Gasteiger partial charge in [0.25, 0.3) is 5.69 Å². The minimum Gasteiger partial charge on any atom is -0.363 e. The first kappa shape index (κ1) is 16.8. The monoisotopic (exact) mass is 335 g/mol. The van der Waals surface area contributed by atoms with Crippen LogP contribution in [0.3, 0.4) is 0 Å². The summed E-state index contributed by atoms with van der Waals surface area (Å²) in [6, 6.07) is 3.70. The molecule has 0 aliphatic heterocycles. The second-order valence-electron chi connectivity index (χ2n) is 3.86. The summed E-state index contributed by atoms with van der Waals surface area (Å²) in [4.78, 5) is 12.2. The molecule has 0 heterocycles. The molecule has 0 atom stereocenters. The van der Waals surface area contributed by atoms with Gasteiger partial charge in [0.2, 0.25) is 10.0 Å². The van der Waals surface area contributed by atoms with Crippen LogP contribution in [-0.2, 0) is 10.0 Å². The molecule has 0 spiro atoms. The molecule has 0 radical (unpaired) electrons. The van der Waals surface area contributed by atoms with E-state index >= 15 is 0 Å². The van der Waals surface area contributed by atoms with Gasteiger partial charge in [-0.15, -0.1) is 0 Å². The molecular formula is C10H13N3O4S3. The van der Waals surface area contributed by atoms with Crippen LogP contribution in [0.4, 0.5) is 5.69 Å². The highest BCUT2D eigenvalue weighted by molar-refractivity contribution is 8.23. The van der Waals surface area contributed by atoms with E-state index in [-0.39, 0.29) is 10.6 Å². The van der Waals surface area contributed by atoms with Crippen LogP contribution in [-0.4, -0.2) is 43.7 Å². The van der Waals surface area contributed by atoms with E-state index in [4.69, 9.17) is 12.2 Å². The maximum atomic E-state index is 11.6. The lowest BCUT2D eigenvalue weighted by molar-refractivity contribution is -0.387. The van der Waals surface area contributed by atoms with Crippen molar-refractivity contribution in [1.29, 1.82) is 0 Å². The van der Waals surface area contributed by atoms with E-state index in [2.05, 4.69) is 4.72 Å². The summed E-state index contributed by atoms with van der Waals surface area (Å²) in [6.07, 6.45) is 0. The predicted octanol–water partition coefficient (Wildman–Crippen LogP) is 1.44. The molecule has 0 amide bonds. The molecule has 0 fully saturated rings. The van der Waals surface area contributed by atoms with Crippen molar-refractivity contribution in [3.63, 3.8) is 0 Å². The molecule has 0 saturated carbocycles. The van der Waals surface area contributed by atoms with Crippen molar-refractivity contribution in [3.8, 4) is 0 Å².